The molecule has 2 heterocycles. The quantitative estimate of drug-likeness (QED) is 0.862. The maximum absolute atomic E-state index is 12.4. The molecule has 0 spiro atoms. The second-order valence-corrected chi connectivity index (χ2v) is 7.36. The highest BCUT2D eigenvalue weighted by Gasteiger charge is 2.41. The molecule has 2 atom stereocenters. The summed E-state index contributed by atoms with van der Waals surface area (Å²) in [6, 6.07) is 0. The summed E-state index contributed by atoms with van der Waals surface area (Å²) < 4.78 is 0. The first kappa shape index (κ1) is 14.7. The fourth-order valence-corrected chi connectivity index (χ4v) is 4.14. The third-order valence-electron chi connectivity index (χ3n) is 4.58. The van der Waals surface area contributed by atoms with E-state index in [1.54, 1.807) is 13.8 Å². The van der Waals surface area contributed by atoms with Gasteiger partial charge in [0.05, 0.1) is 5.41 Å². The highest BCUT2D eigenvalue weighted by molar-refractivity contribution is 7.99. The number of hydrogen-bond acceptors (Lipinski definition) is 3. The van der Waals surface area contributed by atoms with E-state index in [0.29, 0.717) is 6.54 Å². The van der Waals surface area contributed by atoms with E-state index in [1.165, 1.54) is 0 Å². The van der Waals surface area contributed by atoms with Gasteiger partial charge in [0.15, 0.2) is 0 Å². The van der Waals surface area contributed by atoms with Gasteiger partial charge >= 0.3 is 5.97 Å². The topological polar surface area (TPSA) is 57.6 Å². The number of piperidine rings is 1. The Hall–Kier alpha value is -0.710. The van der Waals surface area contributed by atoms with Crippen LogP contribution in [0.25, 0.3) is 0 Å². The van der Waals surface area contributed by atoms with Crippen molar-refractivity contribution in [2.24, 2.45) is 17.3 Å². The molecule has 0 saturated carbocycles. The lowest BCUT2D eigenvalue weighted by atomic mass is 9.74. The molecule has 2 fully saturated rings. The van der Waals surface area contributed by atoms with E-state index in [-0.39, 0.29) is 17.7 Å². The van der Waals surface area contributed by atoms with Gasteiger partial charge in [-0.3, -0.25) is 9.59 Å². The lowest BCUT2D eigenvalue weighted by Crippen LogP contribution is -2.48. The van der Waals surface area contributed by atoms with E-state index in [9.17, 15) is 14.7 Å². The van der Waals surface area contributed by atoms with E-state index < -0.39 is 11.4 Å². The average molecular weight is 285 g/mol. The van der Waals surface area contributed by atoms with Crippen molar-refractivity contribution in [3.63, 3.8) is 0 Å². The molecule has 4 nitrogen and oxygen atoms in total. The molecule has 0 radical (unpaired) electrons. The van der Waals surface area contributed by atoms with Crippen LogP contribution < -0.4 is 0 Å². The summed E-state index contributed by atoms with van der Waals surface area (Å²) in [6.07, 6.45) is 2.81. The fraction of sp³-hybridized carbons (Fsp3) is 0.857. The molecule has 0 aromatic carbocycles. The molecule has 0 aliphatic carbocycles. The van der Waals surface area contributed by atoms with Gasteiger partial charge in [-0.1, -0.05) is 0 Å². The first-order valence-corrected chi connectivity index (χ1v) is 8.18. The highest BCUT2D eigenvalue weighted by Crippen LogP contribution is 2.35. The first-order chi connectivity index (χ1) is 8.93. The molecular weight excluding hydrogens is 262 g/mol. The molecule has 108 valence electrons. The zero-order valence-corrected chi connectivity index (χ0v) is 12.5. The van der Waals surface area contributed by atoms with Gasteiger partial charge in [0.1, 0.15) is 0 Å². The minimum Gasteiger partial charge on any atom is -0.481 e. The second-order valence-electron chi connectivity index (χ2n) is 6.21. The summed E-state index contributed by atoms with van der Waals surface area (Å²) in [5.74, 6) is 1.73. The third kappa shape index (κ3) is 3.07. The molecular formula is C14H23NO3S. The van der Waals surface area contributed by atoms with Gasteiger partial charge in [-0.15, -0.1) is 0 Å². The zero-order chi connectivity index (χ0) is 14.0. The van der Waals surface area contributed by atoms with Crippen molar-refractivity contribution in [1.82, 2.24) is 4.90 Å². The summed E-state index contributed by atoms with van der Waals surface area (Å²) >= 11 is 1.84. The second kappa shape index (κ2) is 5.73. The number of nitrogens with zero attached hydrogens (tertiary/aromatic N) is 1. The highest BCUT2D eigenvalue weighted by atomic mass is 32.2. The summed E-state index contributed by atoms with van der Waals surface area (Å²) in [7, 11) is 0. The lowest BCUT2D eigenvalue weighted by Gasteiger charge is -2.40. The van der Waals surface area contributed by atoms with Gasteiger partial charge in [-0.05, 0) is 44.8 Å². The zero-order valence-electron chi connectivity index (χ0n) is 11.7. The molecule has 1 amide bonds. The third-order valence-corrected chi connectivity index (χ3v) is 5.75. The molecule has 0 bridgehead atoms. The number of hydrogen-bond donors (Lipinski definition) is 1. The Kier molecular flexibility index (Phi) is 4.43. The summed E-state index contributed by atoms with van der Waals surface area (Å²) in [6.45, 7) is 4.96. The molecule has 2 unspecified atom stereocenters. The van der Waals surface area contributed by atoms with Crippen molar-refractivity contribution in [3.05, 3.63) is 0 Å². The van der Waals surface area contributed by atoms with Crippen LogP contribution in [0, 0.1) is 17.3 Å². The van der Waals surface area contributed by atoms with Crippen LogP contribution in [0.4, 0.5) is 0 Å². The van der Waals surface area contributed by atoms with Crippen LogP contribution in [0.1, 0.15) is 33.1 Å². The number of amides is 1. The Morgan fingerprint density at radius 2 is 2.05 bits per heavy atom. The van der Waals surface area contributed by atoms with E-state index in [0.717, 1.165) is 37.3 Å². The maximum atomic E-state index is 12.4. The van der Waals surface area contributed by atoms with Crippen LogP contribution in [0.15, 0.2) is 0 Å². The van der Waals surface area contributed by atoms with Crippen LogP contribution in [0.3, 0.4) is 0 Å². The molecule has 5 heteroatoms. The van der Waals surface area contributed by atoms with Gasteiger partial charge in [0, 0.05) is 24.8 Å². The number of carbonyl (C=O) groups excluding carboxylic acids is 1. The number of thioether (sulfide) groups is 1. The summed E-state index contributed by atoms with van der Waals surface area (Å²) in [5.41, 5.74) is -0.747. The number of carboxylic acids is 1. The van der Waals surface area contributed by atoms with E-state index >= 15 is 0 Å². The van der Waals surface area contributed by atoms with Gasteiger partial charge in [0.25, 0.3) is 0 Å². The van der Waals surface area contributed by atoms with E-state index in [1.807, 2.05) is 16.7 Å². The number of carboxylic acid groups (broad SMARTS) is 1. The Bertz CT molecular complexity index is 364. The van der Waals surface area contributed by atoms with E-state index in [4.69, 9.17) is 0 Å². The molecule has 2 aliphatic rings. The summed E-state index contributed by atoms with van der Waals surface area (Å²) in [5, 5.41) is 9.32. The standard InChI is InChI=1S/C14H23NO3S/c1-14(2,13(17)18)11-4-3-6-15(8-11)12(16)10-5-7-19-9-10/h10-11H,3-9H2,1-2H3,(H,17,18). The Morgan fingerprint density at radius 1 is 1.32 bits per heavy atom. The number of carbonyl (C=O) groups is 2. The van der Waals surface area contributed by atoms with Gasteiger partial charge in [0.2, 0.25) is 5.91 Å². The molecule has 0 aromatic rings. The predicted molar refractivity (Wildman–Crippen MR) is 76.2 cm³/mol. The van der Waals surface area contributed by atoms with Crippen LogP contribution >= 0.6 is 11.8 Å². The fourth-order valence-electron chi connectivity index (χ4n) is 2.93. The molecule has 19 heavy (non-hydrogen) atoms. The minimum absolute atomic E-state index is 0.0664. The number of likely N-dealkylation sites (tertiary alicyclic amines) is 1. The van der Waals surface area contributed by atoms with Gasteiger partial charge in [-0.25, -0.2) is 0 Å². The van der Waals surface area contributed by atoms with Crippen molar-refractivity contribution in [1.29, 1.82) is 0 Å². The Balaban J connectivity index is 2.00. The SMILES string of the molecule is CC(C)(C(=O)O)C1CCCN(C(=O)C2CCSC2)C1. The van der Waals surface area contributed by atoms with Crippen LogP contribution in [0.5, 0.6) is 0 Å². The normalized spacial score (nSPS) is 28.4. The predicted octanol–water partition coefficient (Wildman–Crippen LogP) is 2.09. The van der Waals surface area contributed by atoms with Crippen LogP contribution in [0.2, 0.25) is 0 Å². The van der Waals surface area contributed by atoms with Crippen LogP contribution in [-0.2, 0) is 9.59 Å². The lowest BCUT2D eigenvalue weighted by molar-refractivity contribution is -0.153. The van der Waals surface area contributed by atoms with Crippen molar-refractivity contribution in [2.75, 3.05) is 24.6 Å². The smallest absolute Gasteiger partial charge is 0.309 e. The van der Waals surface area contributed by atoms with Gasteiger partial charge in [-0.2, -0.15) is 11.8 Å². The van der Waals surface area contributed by atoms with Gasteiger partial charge < -0.3 is 10.0 Å². The molecule has 0 aromatic heterocycles. The minimum atomic E-state index is -0.761. The summed E-state index contributed by atoms with van der Waals surface area (Å²) in [4.78, 5) is 25.7. The molecule has 2 rings (SSSR count). The largest absolute Gasteiger partial charge is 0.481 e. The van der Waals surface area contributed by atoms with E-state index in [2.05, 4.69) is 0 Å². The molecule has 2 aliphatic heterocycles. The molecule has 1 N–H and O–H groups in total. The van der Waals surface area contributed by atoms with Crippen LogP contribution in [-0.4, -0.2) is 46.5 Å². The number of aliphatic carboxylic acids is 1. The first-order valence-electron chi connectivity index (χ1n) is 7.03. The maximum Gasteiger partial charge on any atom is 0.309 e. The van der Waals surface area contributed by atoms with Crippen molar-refractivity contribution < 1.29 is 14.7 Å². The Labute approximate surface area is 118 Å². The monoisotopic (exact) mass is 285 g/mol. The number of rotatable bonds is 3. The average Bonchev–Trinajstić information content (AvgIpc) is 2.91. The van der Waals surface area contributed by atoms with Crippen molar-refractivity contribution in [3.8, 4) is 0 Å². The van der Waals surface area contributed by atoms with Crippen molar-refractivity contribution >= 4 is 23.6 Å². The molecule has 2 saturated heterocycles. The Morgan fingerprint density at radius 3 is 2.63 bits per heavy atom. The van der Waals surface area contributed by atoms with Crippen molar-refractivity contribution in [2.45, 2.75) is 33.1 Å².